The van der Waals surface area contributed by atoms with Gasteiger partial charge >= 0.3 is 0 Å². The molecule has 0 aliphatic carbocycles. The Balaban J connectivity index is 2.04. The summed E-state index contributed by atoms with van der Waals surface area (Å²) < 4.78 is 5.94. The predicted octanol–water partition coefficient (Wildman–Crippen LogP) is 4.02. The van der Waals surface area contributed by atoms with E-state index in [4.69, 9.17) is 10.5 Å². The minimum atomic E-state index is -0.369. The Kier molecular flexibility index (Phi) is 3.55. The van der Waals surface area contributed by atoms with Crippen LogP contribution in [0.25, 0.3) is 5.76 Å². The van der Waals surface area contributed by atoms with Crippen LogP contribution in [-0.4, -0.2) is 5.56 Å². The van der Waals surface area contributed by atoms with E-state index in [-0.39, 0.29) is 5.56 Å². The lowest BCUT2D eigenvalue weighted by atomic mass is 10.1. The number of para-hydroxylation sites is 2. The molecule has 1 atom stereocenters. The fourth-order valence-electron chi connectivity index (χ4n) is 2.51. The summed E-state index contributed by atoms with van der Waals surface area (Å²) >= 11 is 4.54. The van der Waals surface area contributed by atoms with Gasteiger partial charge in [-0.05, 0) is 26.0 Å². The number of rotatable bonds is 2. The summed E-state index contributed by atoms with van der Waals surface area (Å²) in [6, 6.07) is 16.0. The predicted molar refractivity (Wildman–Crippen MR) is 91.0 cm³/mol. The van der Waals surface area contributed by atoms with Crippen molar-refractivity contribution in [2.75, 3.05) is 10.6 Å². The molecule has 1 aliphatic heterocycles. The lowest BCUT2D eigenvalue weighted by Gasteiger charge is -2.24. The maximum atomic E-state index is 6.08. The molecule has 0 radical (unpaired) electrons. The monoisotopic (exact) mass is 298 g/mol. The zero-order chi connectivity index (χ0) is 15.0. The van der Waals surface area contributed by atoms with Crippen LogP contribution in [0.1, 0.15) is 18.1 Å². The average Bonchev–Trinajstić information content (AvgIpc) is 2.76. The first-order chi connectivity index (χ1) is 10.1. The van der Waals surface area contributed by atoms with E-state index in [1.54, 1.807) is 0 Å². The van der Waals surface area contributed by atoms with Crippen LogP contribution in [0.5, 0.6) is 0 Å². The first-order valence-corrected chi connectivity index (χ1v) is 7.36. The number of allylic oxidation sites excluding steroid dienone is 1. The first-order valence-electron chi connectivity index (χ1n) is 6.84. The van der Waals surface area contributed by atoms with Crippen LogP contribution in [0.4, 0.5) is 11.4 Å². The molecule has 108 valence electrons. The zero-order valence-corrected chi connectivity index (χ0v) is 13.0. The minimum absolute atomic E-state index is 0.369. The molecule has 2 N–H and O–H groups in total. The van der Waals surface area contributed by atoms with Crippen molar-refractivity contribution < 1.29 is 4.74 Å². The van der Waals surface area contributed by atoms with E-state index >= 15 is 0 Å². The van der Waals surface area contributed by atoms with Gasteiger partial charge in [0.15, 0.2) is 0 Å². The molecular formula is C17H18N2OS. The molecule has 0 amide bonds. The number of nitrogen functional groups attached to an aromatic ring is 1. The Labute approximate surface area is 130 Å². The summed E-state index contributed by atoms with van der Waals surface area (Å²) in [4.78, 5) is 2.01. The Morgan fingerprint density at radius 3 is 2.38 bits per heavy atom. The quantitative estimate of drug-likeness (QED) is 0.650. The summed E-state index contributed by atoms with van der Waals surface area (Å²) in [7, 11) is 0. The molecule has 2 aromatic carbocycles. The Morgan fingerprint density at radius 1 is 1.05 bits per heavy atom. The van der Waals surface area contributed by atoms with Crippen molar-refractivity contribution in [3.8, 4) is 0 Å². The Bertz CT molecular complexity index is 694. The molecule has 1 aliphatic rings. The van der Waals surface area contributed by atoms with Gasteiger partial charge in [0.1, 0.15) is 5.76 Å². The smallest absolute Gasteiger partial charge is 0.222 e. The van der Waals surface area contributed by atoms with E-state index < -0.39 is 0 Å². The highest BCUT2D eigenvalue weighted by molar-refractivity contribution is 7.80. The number of aryl methyl sites for hydroxylation is 1. The SMILES string of the molecule is CC1=C(c2ccc(C)cc2)OC(S)N1c1ccccc1N. The number of thiol groups is 1. The average molecular weight is 298 g/mol. The van der Waals surface area contributed by atoms with E-state index in [9.17, 15) is 0 Å². The van der Waals surface area contributed by atoms with Gasteiger partial charge in [-0.15, -0.1) is 12.6 Å². The molecule has 3 rings (SSSR count). The molecule has 0 spiro atoms. The molecule has 0 fully saturated rings. The van der Waals surface area contributed by atoms with Crippen LogP contribution >= 0.6 is 12.6 Å². The minimum Gasteiger partial charge on any atom is -0.459 e. The van der Waals surface area contributed by atoms with Crippen molar-refractivity contribution in [1.82, 2.24) is 0 Å². The van der Waals surface area contributed by atoms with Crippen molar-refractivity contribution in [3.63, 3.8) is 0 Å². The van der Waals surface area contributed by atoms with Crippen molar-refractivity contribution in [3.05, 3.63) is 65.4 Å². The number of benzene rings is 2. The molecule has 1 heterocycles. The van der Waals surface area contributed by atoms with Gasteiger partial charge in [0.25, 0.3) is 0 Å². The van der Waals surface area contributed by atoms with Crippen LogP contribution in [0.2, 0.25) is 0 Å². The largest absolute Gasteiger partial charge is 0.459 e. The molecule has 0 aromatic heterocycles. The second kappa shape index (κ2) is 5.37. The number of anilines is 2. The second-order valence-electron chi connectivity index (χ2n) is 5.15. The topological polar surface area (TPSA) is 38.5 Å². The molecule has 4 heteroatoms. The lowest BCUT2D eigenvalue weighted by Crippen LogP contribution is -2.26. The highest BCUT2D eigenvalue weighted by atomic mass is 32.1. The highest BCUT2D eigenvalue weighted by Crippen LogP contribution is 2.39. The summed E-state index contributed by atoms with van der Waals surface area (Å²) in [5, 5.41) is 0. The van der Waals surface area contributed by atoms with Crippen LogP contribution in [0.15, 0.2) is 54.2 Å². The fourth-order valence-corrected chi connectivity index (χ4v) is 2.91. The Morgan fingerprint density at radius 2 is 1.71 bits per heavy atom. The standard InChI is InChI=1S/C17H18N2OS/c1-11-7-9-13(10-8-11)16-12(2)19(17(21)20-16)15-6-4-3-5-14(15)18/h3-10,17,21H,18H2,1-2H3. The summed E-state index contributed by atoms with van der Waals surface area (Å²) in [6.07, 6.45) is 0. The zero-order valence-electron chi connectivity index (χ0n) is 12.1. The van der Waals surface area contributed by atoms with E-state index in [2.05, 4.69) is 43.8 Å². The van der Waals surface area contributed by atoms with Gasteiger partial charge in [-0.2, -0.15) is 0 Å². The molecule has 0 saturated carbocycles. The Hall–Kier alpha value is -2.07. The van der Waals surface area contributed by atoms with Crippen molar-refractivity contribution in [2.24, 2.45) is 0 Å². The summed E-state index contributed by atoms with van der Waals surface area (Å²) in [5.74, 6) is 0.846. The first kappa shape index (κ1) is 13.9. The third-order valence-electron chi connectivity index (χ3n) is 3.64. The lowest BCUT2D eigenvalue weighted by molar-refractivity contribution is 0.278. The molecule has 0 saturated heterocycles. The maximum absolute atomic E-state index is 6.08. The number of hydrogen-bond donors (Lipinski definition) is 2. The number of ether oxygens (including phenoxy) is 1. The molecule has 21 heavy (non-hydrogen) atoms. The van der Waals surface area contributed by atoms with Crippen LogP contribution in [0.3, 0.4) is 0 Å². The fraction of sp³-hybridized carbons (Fsp3) is 0.176. The third kappa shape index (κ3) is 2.47. The van der Waals surface area contributed by atoms with Gasteiger partial charge in [0, 0.05) is 5.56 Å². The number of nitrogens with zero attached hydrogens (tertiary/aromatic N) is 1. The van der Waals surface area contributed by atoms with Gasteiger partial charge in [0.05, 0.1) is 17.1 Å². The normalized spacial score (nSPS) is 18.0. The van der Waals surface area contributed by atoms with Crippen LogP contribution < -0.4 is 10.6 Å². The molecule has 0 bridgehead atoms. The van der Waals surface area contributed by atoms with Gasteiger partial charge in [-0.25, -0.2) is 0 Å². The second-order valence-corrected chi connectivity index (χ2v) is 5.60. The number of hydrogen-bond acceptors (Lipinski definition) is 4. The molecular weight excluding hydrogens is 280 g/mol. The van der Waals surface area contributed by atoms with Crippen LogP contribution in [0, 0.1) is 6.92 Å². The van der Waals surface area contributed by atoms with E-state index in [0.717, 1.165) is 22.7 Å². The van der Waals surface area contributed by atoms with Gasteiger partial charge in [-0.3, -0.25) is 4.90 Å². The number of nitrogens with two attached hydrogens (primary N) is 1. The van der Waals surface area contributed by atoms with E-state index in [1.165, 1.54) is 5.56 Å². The van der Waals surface area contributed by atoms with Gasteiger partial charge in [-0.1, -0.05) is 42.0 Å². The maximum Gasteiger partial charge on any atom is 0.222 e. The van der Waals surface area contributed by atoms with E-state index in [0.29, 0.717) is 5.69 Å². The summed E-state index contributed by atoms with van der Waals surface area (Å²) in [5.41, 5.74) is 10.6. The molecule has 1 unspecified atom stereocenters. The van der Waals surface area contributed by atoms with Crippen LogP contribution in [-0.2, 0) is 4.74 Å². The third-order valence-corrected chi connectivity index (χ3v) is 3.98. The summed E-state index contributed by atoms with van der Waals surface area (Å²) in [6.45, 7) is 4.09. The van der Waals surface area contributed by atoms with Crippen molar-refractivity contribution in [1.29, 1.82) is 0 Å². The van der Waals surface area contributed by atoms with Gasteiger partial charge < -0.3 is 10.5 Å². The van der Waals surface area contributed by atoms with Crippen molar-refractivity contribution >= 4 is 29.8 Å². The highest BCUT2D eigenvalue weighted by Gasteiger charge is 2.31. The van der Waals surface area contributed by atoms with Gasteiger partial charge in [0.2, 0.25) is 5.56 Å². The molecule has 2 aromatic rings. The molecule has 3 nitrogen and oxygen atoms in total. The van der Waals surface area contributed by atoms with E-state index in [1.807, 2.05) is 36.1 Å². The van der Waals surface area contributed by atoms with Crippen molar-refractivity contribution in [2.45, 2.75) is 19.4 Å².